The standard InChI is InChI=1S/C20H25NO3/c1-13(2)11-14-12-20(3,9-10-22)24-18-15-7-5-6-8-16(15)21(4)19(23)17(14)18/h5-8,11,14,22H,9-10,12H2,1-4H3/t14-,20+/m0/s1. The molecule has 0 fully saturated rings. The molecule has 2 aromatic rings. The number of pyridine rings is 1. The van der Waals surface area contributed by atoms with Crippen LogP contribution >= 0.6 is 0 Å². The number of rotatable bonds is 3. The molecular weight excluding hydrogens is 302 g/mol. The molecule has 2 heterocycles. The molecule has 1 aromatic heterocycles. The Hall–Kier alpha value is -2.07. The summed E-state index contributed by atoms with van der Waals surface area (Å²) in [6.45, 7) is 6.18. The lowest BCUT2D eigenvalue weighted by atomic mass is 9.81. The molecule has 0 amide bonds. The topological polar surface area (TPSA) is 51.5 Å². The maximum atomic E-state index is 13.0. The molecular formula is C20H25NO3. The van der Waals surface area contributed by atoms with Crippen LogP contribution in [-0.2, 0) is 7.05 Å². The fourth-order valence-electron chi connectivity index (χ4n) is 3.72. The molecule has 0 radical (unpaired) electrons. The SMILES string of the molecule is CC(C)=C[C@H]1C[C@@](C)(CCO)Oc2c1c(=O)n(C)c1ccccc21. The lowest BCUT2D eigenvalue weighted by Gasteiger charge is -2.39. The van der Waals surface area contributed by atoms with Gasteiger partial charge in [-0.2, -0.15) is 0 Å². The van der Waals surface area contributed by atoms with Gasteiger partial charge < -0.3 is 14.4 Å². The smallest absolute Gasteiger partial charge is 0.258 e. The van der Waals surface area contributed by atoms with Crippen molar-refractivity contribution in [1.82, 2.24) is 4.57 Å². The fourth-order valence-corrected chi connectivity index (χ4v) is 3.72. The summed E-state index contributed by atoms with van der Waals surface area (Å²) in [5, 5.41) is 10.4. The van der Waals surface area contributed by atoms with Gasteiger partial charge in [-0.15, -0.1) is 0 Å². The van der Waals surface area contributed by atoms with Gasteiger partial charge in [-0.3, -0.25) is 4.79 Å². The number of ether oxygens (including phenoxy) is 1. The molecule has 4 nitrogen and oxygen atoms in total. The van der Waals surface area contributed by atoms with Gasteiger partial charge in [0.05, 0.1) is 11.1 Å². The fraction of sp³-hybridized carbons (Fsp3) is 0.450. The van der Waals surface area contributed by atoms with Gasteiger partial charge in [-0.25, -0.2) is 0 Å². The van der Waals surface area contributed by atoms with Crippen molar-refractivity contribution in [2.75, 3.05) is 6.61 Å². The van der Waals surface area contributed by atoms with E-state index in [0.29, 0.717) is 18.6 Å². The highest BCUT2D eigenvalue weighted by atomic mass is 16.5. The second-order valence-electron chi connectivity index (χ2n) is 7.20. The predicted octanol–water partition coefficient (Wildman–Crippen LogP) is 3.51. The molecule has 1 aromatic carbocycles. The number of benzene rings is 1. The van der Waals surface area contributed by atoms with E-state index < -0.39 is 5.60 Å². The molecule has 0 spiro atoms. The third-order valence-corrected chi connectivity index (χ3v) is 4.84. The Morgan fingerprint density at radius 2 is 2.12 bits per heavy atom. The van der Waals surface area contributed by atoms with Crippen molar-refractivity contribution >= 4 is 10.9 Å². The zero-order chi connectivity index (χ0) is 17.5. The number of aliphatic hydroxyl groups is 1. The van der Waals surface area contributed by atoms with Crippen LogP contribution in [-0.4, -0.2) is 21.9 Å². The summed E-state index contributed by atoms with van der Waals surface area (Å²) >= 11 is 0. The number of aromatic nitrogens is 1. The number of hydrogen-bond donors (Lipinski definition) is 1. The summed E-state index contributed by atoms with van der Waals surface area (Å²) in [6.07, 6.45) is 3.38. The van der Waals surface area contributed by atoms with Crippen LogP contribution in [0.15, 0.2) is 40.7 Å². The number of aryl methyl sites for hydroxylation is 1. The predicted molar refractivity (Wildman–Crippen MR) is 96.7 cm³/mol. The maximum Gasteiger partial charge on any atom is 0.258 e. The Kier molecular flexibility index (Phi) is 4.26. The van der Waals surface area contributed by atoms with Crippen LogP contribution < -0.4 is 10.3 Å². The lowest BCUT2D eigenvalue weighted by molar-refractivity contribution is 0.0349. The number of para-hydroxylation sites is 1. The normalized spacial score (nSPS) is 22.8. The molecule has 0 saturated carbocycles. The van der Waals surface area contributed by atoms with E-state index in [1.807, 2.05) is 52.1 Å². The number of allylic oxidation sites excluding steroid dienone is 2. The van der Waals surface area contributed by atoms with E-state index in [1.165, 1.54) is 5.57 Å². The van der Waals surface area contributed by atoms with Gasteiger partial charge in [0.2, 0.25) is 0 Å². The minimum Gasteiger partial charge on any atom is -0.486 e. The van der Waals surface area contributed by atoms with Crippen molar-refractivity contribution in [2.45, 2.75) is 45.1 Å². The Labute approximate surface area is 142 Å². The molecule has 0 aliphatic carbocycles. The monoisotopic (exact) mass is 327 g/mol. The number of aliphatic hydroxyl groups excluding tert-OH is 1. The molecule has 1 aliphatic heterocycles. The first-order valence-corrected chi connectivity index (χ1v) is 8.43. The van der Waals surface area contributed by atoms with E-state index in [1.54, 1.807) is 4.57 Å². The number of fused-ring (bicyclic) bond motifs is 3. The van der Waals surface area contributed by atoms with E-state index in [0.717, 1.165) is 16.5 Å². The van der Waals surface area contributed by atoms with Gasteiger partial charge >= 0.3 is 0 Å². The molecule has 0 unspecified atom stereocenters. The zero-order valence-corrected chi connectivity index (χ0v) is 14.8. The van der Waals surface area contributed by atoms with Gasteiger partial charge in [0, 0.05) is 31.4 Å². The van der Waals surface area contributed by atoms with Crippen molar-refractivity contribution in [3.63, 3.8) is 0 Å². The Morgan fingerprint density at radius 3 is 2.79 bits per heavy atom. The summed E-state index contributed by atoms with van der Waals surface area (Å²) < 4.78 is 8.02. The Morgan fingerprint density at radius 1 is 1.42 bits per heavy atom. The van der Waals surface area contributed by atoms with Crippen molar-refractivity contribution in [2.24, 2.45) is 7.05 Å². The third kappa shape index (κ3) is 2.75. The average Bonchev–Trinajstić information content (AvgIpc) is 2.51. The Bertz CT molecular complexity index is 861. The van der Waals surface area contributed by atoms with E-state index >= 15 is 0 Å². The van der Waals surface area contributed by atoms with Gasteiger partial charge in [0.15, 0.2) is 0 Å². The molecule has 1 N–H and O–H groups in total. The minimum atomic E-state index is -0.479. The molecule has 0 saturated heterocycles. The quantitative estimate of drug-likeness (QED) is 0.878. The van der Waals surface area contributed by atoms with E-state index in [-0.39, 0.29) is 18.1 Å². The zero-order valence-electron chi connectivity index (χ0n) is 14.8. The van der Waals surface area contributed by atoms with Crippen molar-refractivity contribution in [3.8, 4) is 5.75 Å². The molecule has 0 bridgehead atoms. The molecule has 4 heteroatoms. The van der Waals surface area contributed by atoms with Crippen LogP contribution in [0.25, 0.3) is 10.9 Å². The van der Waals surface area contributed by atoms with Gasteiger partial charge in [0.1, 0.15) is 11.4 Å². The average molecular weight is 327 g/mol. The van der Waals surface area contributed by atoms with Gasteiger partial charge in [-0.05, 0) is 39.3 Å². The van der Waals surface area contributed by atoms with Crippen molar-refractivity contribution in [3.05, 3.63) is 51.8 Å². The first-order valence-electron chi connectivity index (χ1n) is 8.43. The van der Waals surface area contributed by atoms with Crippen LogP contribution in [0.1, 0.15) is 45.1 Å². The summed E-state index contributed by atoms with van der Waals surface area (Å²) in [6, 6.07) is 7.83. The molecule has 2 atom stereocenters. The van der Waals surface area contributed by atoms with Crippen LogP contribution in [0.3, 0.4) is 0 Å². The first-order chi connectivity index (χ1) is 11.4. The van der Waals surface area contributed by atoms with E-state index in [2.05, 4.69) is 6.08 Å². The molecule has 128 valence electrons. The highest BCUT2D eigenvalue weighted by Crippen LogP contribution is 2.44. The number of nitrogens with zero attached hydrogens (tertiary/aromatic N) is 1. The molecule has 1 aliphatic rings. The second kappa shape index (κ2) is 6.10. The van der Waals surface area contributed by atoms with Crippen molar-refractivity contribution < 1.29 is 9.84 Å². The summed E-state index contributed by atoms with van der Waals surface area (Å²) in [7, 11) is 1.81. The largest absolute Gasteiger partial charge is 0.486 e. The highest BCUT2D eigenvalue weighted by Gasteiger charge is 2.39. The van der Waals surface area contributed by atoms with Crippen molar-refractivity contribution in [1.29, 1.82) is 0 Å². The van der Waals surface area contributed by atoms with Gasteiger partial charge in [0.25, 0.3) is 5.56 Å². The second-order valence-corrected chi connectivity index (χ2v) is 7.20. The lowest BCUT2D eigenvalue weighted by Crippen LogP contribution is -2.41. The minimum absolute atomic E-state index is 0.00129. The maximum absolute atomic E-state index is 13.0. The summed E-state index contributed by atoms with van der Waals surface area (Å²) in [4.78, 5) is 13.0. The first kappa shape index (κ1) is 16.8. The van der Waals surface area contributed by atoms with Crippen LogP contribution in [0.2, 0.25) is 0 Å². The van der Waals surface area contributed by atoms with E-state index in [4.69, 9.17) is 4.74 Å². The van der Waals surface area contributed by atoms with E-state index in [9.17, 15) is 9.90 Å². The number of hydrogen-bond acceptors (Lipinski definition) is 3. The molecule has 3 rings (SSSR count). The summed E-state index contributed by atoms with van der Waals surface area (Å²) in [5.41, 5.74) is 2.29. The molecule has 24 heavy (non-hydrogen) atoms. The third-order valence-electron chi connectivity index (χ3n) is 4.84. The van der Waals surface area contributed by atoms with Crippen LogP contribution in [0.5, 0.6) is 5.75 Å². The van der Waals surface area contributed by atoms with Crippen LogP contribution in [0.4, 0.5) is 0 Å². The summed E-state index contributed by atoms with van der Waals surface area (Å²) in [5.74, 6) is 0.678. The highest BCUT2D eigenvalue weighted by molar-refractivity contribution is 5.87. The van der Waals surface area contributed by atoms with Crippen LogP contribution in [0, 0.1) is 0 Å². The Balaban J connectivity index is 2.34. The van der Waals surface area contributed by atoms with Gasteiger partial charge in [-0.1, -0.05) is 23.8 Å².